The Labute approximate surface area is 159 Å². The van der Waals surface area contributed by atoms with Crippen molar-refractivity contribution in [3.05, 3.63) is 59.0 Å². The first kappa shape index (κ1) is 18.7. The van der Waals surface area contributed by atoms with Gasteiger partial charge in [-0.3, -0.25) is 4.79 Å². The molecule has 0 saturated heterocycles. The van der Waals surface area contributed by atoms with Crippen LogP contribution in [0.1, 0.15) is 36.1 Å². The fourth-order valence-electron chi connectivity index (χ4n) is 3.04. The number of benzene rings is 1. The minimum Gasteiger partial charge on any atom is -0.493 e. The van der Waals surface area contributed by atoms with Crippen molar-refractivity contribution in [1.82, 2.24) is 4.98 Å². The molecule has 0 aliphatic heterocycles. The Balaban J connectivity index is 1.97. The van der Waals surface area contributed by atoms with Crippen LogP contribution in [-0.2, 0) is 4.79 Å². The molecule has 0 radical (unpaired) electrons. The van der Waals surface area contributed by atoms with E-state index in [0.717, 1.165) is 44.5 Å². The number of nitrogens with one attached hydrogen (secondary N) is 1. The molecular formula is C22H24N2O3. The largest absolute Gasteiger partial charge is 0.493 e. The number of hydrogen-bond acceptors (Lipinski definition) is 4. The molecule has 5 nitrogen and oxygen atoms in total. The smallest absolute Gasteiger partial charge is 0.249 e. The van der Waals surface area contributed by atoms with Gasteiger partial charge in [-0.05, 0) is 63.5 Å². The van der Waals surface area contributed by atoms with Crippen LogP contribution < -0.4 is 10.1 Å². The lowest BCUT2D eigenvalue weighted by Crippen LogP contribution is -2.10. The highest BCUT2D eigenvalue weighted by molar-refractivity contribution is 6.04. The number of aromatic nitrogens is 1. The number of ether oxygens (including phenoxy) is 1. The Morgan fingerprint density at radius 3 is 2.74 bits per heavy atom. The molecule has 1 amide bonds. The van der Waals surface area contributed by atoms with E-state index < -0.39 is 0 Å². The molecule has 0 aliphatic carbocycles. The highest BCUT2D eigenvalue weighted by Gasteiger charge is 2.17. The molecule has 27 heavy (non-hydrogen) atoms. The summed E-state index contributed by atoms with van der Waals surface area (Å²) >= 11 is 0. The molecule has 3 aromatic rings. The number of carbonyl (C=O) groups excluding carboxylic acids is 1. The first-order valence-electron chi connectivity index (χ1n) is 8.97. The first-order valence-corrected chi connectivity index (χ1v) is 8.97. The zero-order chi connectivity index (χ0) is 19.6. The third-order valence-corrected chi connectivity index (χ3v) is 4.46. The fraction of sp³-hybridized carbons (Fsp3) is 0.273. The van der Waals surface area contributed by atoms with Crippen LogP contribution in [0.4, 0.5) is 5.82 Å². The second kappa shape index (κ2) is 7.66. The number of carbonyl (C=O) groups is 1. The molecule has 0 atom stereocenters. The Bertz CT molecular complexity index is 1010. The predicted octanol–water partition coefficient (Wildman–Crippen LogP) is 5.19. The van der Waals surface area contributed by atoms with Gasteiger partial charge in [0.25, 0.3) is 0 Å². The SMILES string of the molecule is CCOc1c(/C(C)=C/C(=O)Nc2ccc(C)cn2)cc2c(C)coc2c1C. The minimum absolute atomic E-state index is 0.229. The van der Waals surface area contributed by atoms with E-state index in [1.165, 1.54) is 0 Å². The summed E-state index contributed by atoms with van der Waals surface area (Å²) in [6.45, 7) is 10.3. The first-order chi connectivity index (χ1) is 12.9. The summed E-state index contributed by atoms with van der Waals surface area (Å²) in [6, 6.07) is 5.72. The number of allylic oxidation sites excluding steroid dienone is 1. The lowest BCUT2D eigenvalue weighted by Gasteiger charge is -2.14. The van der Waals surface area contributed by atoms with Crippen LogP contribution in [0.25, 0.3) is 16.5 Å². The molecule has 3 rings (SSSR count). The summed E-state index contributed by atoms with van der Waals surface area (Å²) in [5.41, 5.74) is 5.55. The number of pyridine rings is 1. The van der Waals surface area contributed by atoms with Gasteiger partial charge < -0.3 is 14.5 Å². The van der Waals surface area contributed by atoms with Crippen molar-refractivity contribution >= 4 is 28.3 Å². The van der Waals surface area contributed by atoms with E-state index in [-0.39, 0.29) is 5.91 Å². The number of anilines is 1. The van der Waals surface area contributed by atoms with Crippen LogP contribution in [0.2, 0.25) is 0 Å². The van der Waals surface area contributed by atoms with E-state index in [4.69, 9.17) is 9.15 Å². The molecule has 0 unspecified atom stereocenters. The second-order valence-corrected chi connectivity index (χ2v) is 6.64. The summed E-state index contributed by atoms with van der Waals surface area (Å²) in [4.78, 5) is 16.6. The van der Waals surface area contributed by atoms with Crippen molar-refractivity contribution in [3.63, 3.8) is 0 Å². The fourth-order valence-corrected chi connectivity index (χ4v) is 3.04. The van der Waals surface area contributed by atoms with E-state index in [1.54, 1.807) is 24.6 Å². The van der Waals surface area contributed by atoms with E-state index in [9.17, 15) is 4.79 Å². The van der Waals surface area contributed by atoms with Gasteiger partial charge in [-0.2, -0.15) is 0 Å². The monoisotopic (exact) mass is 364 g/mol. The van der Waals surface area contributed by atoms with Crippen molar-refractivity contribution in [3.8, 4) is 5.75 Å². The molecule has 0 saturated carbocycles. The molecule has 0 aliphatic rings. The van der Waals surface area contributed by atoms with Crippen LogP contribution in [-0.4, -0.2) is 17.5 Å². The normalized spacial score (nSPS) is 11.7. The number of hydrogen-bond donors (Lipinski definition) is 1. The average molecular weight is 364 g/mol. The summed E-state index contributed by atoms with van der Waals surface area (Å²) in [6.07, 6.45) is 5.03. The van der Waals surface area contributed by atoms with Gasteiger partial charge in [-0.25, -0.2) is 4.98 Å². The second-order valence-electron chi connectivity index (χ2n) is 6.64. The van der Waals surface area contributed by atoms with E-state index in [1.807, 2.05) is 46.8 Å². The zero-order valence-corrected chi connectivity index (χ0v) is 16.3. The highest BCUT2D eigenvalue weighted by Crippen LogP contribution is 2.37. The minimum atomic E-state index is -0.229. The Kier molecular flexibility index (Phi) is 5.31. The summed E-state index contributed by atoms with van der Waals surface area (Å²) in [5.74, 6) is 1.04. The highest BCUT2D eigenvalue weighted by atomic mass is 16.5. The maximum atomic E-state index is 12.4. The third-order valence-electron chi connectivity index (χ3n) is 4.46. The number of aryl methyl sites for hydroxylation is 3. The Morgan fingerprint density at radius 1 is 1.30 bits per heavy atom. The number of nitrogens with zero attached hydrogens (tertiary/aromatic N) is 1. The zero-order valence-electron chi connectivity index (χ0n) is 16.3. The molecular weight excluding hydrogens is 340 g/mol. The molecule has 1 aromatic carbocycles. The van der Waals surface area contributed by atoms with Gasteiger partial charge in [-0.15, -0.1) is 0 Å². The van der Waals surface area contributed by atoms with Crippen LogP contribution in [0.15, 0.2) is 41.2 Å². The van der Waals surface area contributed by atoms with Gasteiger partial charge in [-0.1, -0.05) is 6.07 Å². The molecule has 0 spiro atoms. The molecule has 1 N–H and O–H groups in total. The molecule has 0 bridgehead atoms. The van der Waals surface area contributed by atoms with E-state index in [0.29, 0.717) is 12.4 Å². The number of amides is 1. The standard InChI is InChI=1S/C22H24N2O3/c1-6-26-21-16(5)22-18(15(4)12-27-22)10-17(21)14(3)9-20(25)24-19-8-7-13(2)11-23-19/h7-12H,6H2,1-5H3,(H,23,24,25)/b14-9+. The van der Waals surface area contributed by atoms with Crippen LogP contribution in [0.3, 0.4) is 0 Å². The summed E-state index contributed by atoms with van der Waals surface area (Å²) in [5, 5.41) is 3.82. The predicted molar refractivity (Wildman–Crippen MR) is 108 cm³/mol. The Hall–Kier alpha value is -3.08. The Morgan fingerprint density at radius 2 is 2.07 bits per heavy atom. The number of fused-ring (bicyclic) bond motifs is 1. The number of rotatable bonds is 5. The molecule has 0 fully saturated rings. The van der Waals surface area contributed by atoms with Gasteiger partial charge >= 0.3 is 0 Å². The molecule has 2 aromatic heterocycles. The van der Waals surface area contributed by atoms with Crippen LogP contribution in [0.5, 0.6) is 5.75 Å². The van der Waals surface area contributed by atoms with Gasteiger partial charge in [0, 0.05) is 28.8 Å². The van der Waals surface area contributed by atoms with Crippen LogP contribution >= 0.6 is 0 Å². The maximum absolute atomic E-state index is 12.4. The average Bonchev–Trinajstić information content (AvgIpc) is 3.00. The molecule has 2 heterocycles. The van der Waals surface area contributed by atoms with E-state index in [2.05, 4.69) is 10.3 Å². The van der Waals surface area contributed by atoms with Crippen molar-refractivity contribution in [2.75, 3.05) is 11.9 Å². The van der Waals surface area contributed by atoms with Crippen molar-refractivity contribution < 1.29 is 13.9 Å². The van der Waals surface area contributed by atoms with Gasteiger partial charge in [0.15, 0.2) is 0 Å². The van der Waals surface area contributed by atoms with Gasteiger partial charge in [0.1, 0.15) is 17.2 Å². The molecule has 5 heteroatoms. The van der Waals surface area contributed by atoms with Crippen molar-refractivity contribution in [2.24, 2.45) is 0 Å². The lowest BCUT2D eigenvalue weighted by atomic mass is 9.98. The van der Waals surface area contributed by atoms with Crippen molar-refractivity contribution in [2.45, 2.75) is 34.6 Å². The van der Waals surface area contributed by atoms with Crippen LogP contribution in [0, 0.1) is 20.8 Å². The van der Waals surface area contributed by atoms with Gasteiger partial charge in [0.2, 0.25) is 5.91 Å². The summed E-state index contributed by atoms with van der Waals surface area (Å²) in [7, 11) is 0. The van der Waals surface area contributed by atoms with E-state index >= 15 is 0 Å². The van der Waals surface area contributed by atoms with Gasteiger partial charge in [0.05, 0.1) is 12.9 Å². The third kappa shape index (κ3) is 3.87. The number of furan rings is 1. The quantitative estimate of drug-likeness (QED) is 0.633. The van der Waals surface area contributed by atoms with Crippen molar-refractivity contribution in [1.29, 1.82) is 0 Å². The lowest BCUT2D eigenvalue weighted by molar-refractivity contribution is -0.111. The molecule has 140 valence electrons. The topological polar surface area (TPSA) is 64.4 Å². The summed E-state index contributed by atoms with van der Waals surface area (Å²) < 4.78 is 11.6. The maximum Gasteiger partial charge on any atom is 0.249 e.